The van der Waals surface area contributed by atoms with Gasteiger partial charge in [-0.25, -0.2) is 13.4 Å². The van der Waals surface area contributed by atoms with E-state index in [1.165, 1.54) is 38.3 Å². The second-order valence-electron chi connectivity index (χ2n) is 7.50. The summed E-state index contributed by atoms with van der Waals surface area (Å²) in [5, 5.41) is 11.8. The molecule has 1 aromatic carbocycles. The second-order valence-corrected chi connectivity index (χ2v) is 9.69. The summed E-state index contributed by atoms with van der Waals surface area (Å²) >= 11 is 0. The maximum Gasteiger partial charge on any atom is 0.264 e. The Morgan fingerprint density at radius 2 is 1.97 bits per heavy atom. The van der Waals surface area contributed by atoms with Crippen molar-refractivity contribution in [3.63, 3.8) is 0 Å². The van der Waals surface area contributed by atoms with Gasteiger partial charge in [0.25, 0.3) is 17.7 Å². The van der Waals surface area contributed by atoms with Gasteiger partial charge in [0.1, 0.15) is 9.84 Å². The summed E-state index contributed by atoms with van der Waals surface area (Å²) in [6, 6.07) is 6.02. The van der Waals surface area contributed by atoms with Gasteiger partial charge in [-0.1, -0.05) is 0 Å². The van der Waals surface area contributed by atoms with Crippen molar-refractivity contribution in [2.75, 3.05) is 31.0 Å². The molecule has 0 fully saturated rings. The van der Waals surface area contributed by atoms with Crippen LogP contribution in [-0.4, -0.2) is 61.7 Å². The summed E-state index contributed by atoms with van der Waals surface area (Å²) < 4.78 is 35.2. The number of methoxy groups -OCH3 is 1. The molecule has 178 valence electrons. The van der Waals surface area contributed by atoms with Gasteiger partial charge in [0.05, 0.1) is 59.7 Å². The first-order chi connectivity index (χ1) is 16.0. The molecule has 0 saturated carbocycles. The van der Waals surface area contributed by atoms with Crippen molar-refractivity contribution in [1.82, 2.24) is 9.88 Å². The number of rotatable bonds is 8. The molecule has 1 N–H and O–H groups in total. The third-order valence-corrected chi connectivity index (χ3v) is 5.84. The predicted molar refractivity (Wildman–Crippen MR) is 120 cm³/mol. The van der Waals surface area contributed by atoms with Crippen molar-refractivity contribution in [3.05, 3.63) is 46.6 Å². The summed E-state index contributed by atoms with van der Waals surface area (Å²) in [6.07, 6.45) is 0.974. The van der Waals surface area contributed by atoms with Crippen molar-refractivity contribution in [2.24, 2.45) is 0 Å². The molecule has 1 aromatic heterocycles. The van der Waals surface area contributed by atoms with Gasteiger partial charge in [-0.3, -0.25) is 19.3 Å². The molecular weight excluding hydrogens is 464 g/mol. The van der Waals surface area contributed by atoms with E-state index in [2.05, 4.69) is 10.3 Å². The number of pyridine rings is 1. The fourth-order valence-electron chi connectivity index (χ4n) is 3.62. The molecule has 0 spiro atoms. The molecule has 11 nitrogen and oxygen atoms in total. The number of nitrogens with zero attached hydrogens (tertiary/aromatic N) is 3. The Balaban J connectivity index is 2.19. The standard InChI is InChI=1S/C22H22N4O7S/c1-5-33-20-18(32-3)7-6-15(25-20)17(11-34(4,30)31)26-21(28)14-8-13(10-23)9-16(24-12(2)27)19(14)22(26)29/h6-9,17H,5,11H2,1-4H3,(H,24,27)/t17-/m1/s1. The van der Waals surface area contributed by atoms with E-state index in [-0.39, 0.29) is 46.3 Å². The van der Waals surface area contributed by atoms with Gasteiger partial charge < -0.3 is 14.8 Å². The van der Waals surface area contributed by atoms with Crippen LogP contribution in [0.1, 0.15) is 51.9 Å². The molecule has 2 heterocycles. The molecule has 1 aliphatic heterocycles. The first-order valence-corrected chi connectivity index (χ1v) is 12.2. The highest BCUT2D eigenvalue weighted by Gasteiger charge is 2.44. The van der Waals surface area contributed by atoms with Gasteiger partial charge in [0.15, 0.2) is 5.75 Å². The number of imide groups is 1. The number of sulfone groups is 1. The molecule has 1 atom stereocenters. The molecule has 34 heavy (non-hydrogen) atoms. The highest BCUT2D eigenvalue weighted by Crippen LogP contribution is 2.37. The van der Waals surface area contributed by atoms with Crippen LogP contribution in [-0.2, 0) is 14.6 Å². The number of nitrogens with one attached hydrogen (secondary N) is 1. The molecule has 0 saturated heterocycles. The monoisotopic (exact) mass is 486 g/mol. The molecule has 3 amide bonds. The minimum absolute atomic E-state index is 0.0156. The number of carbonyl (C=O) groups is 3. The number of fused-ring (bicyclic) bond motifs is 1. The molecule has 0 bridgehead atoms. The van der Waals surface area contributed by atoms with Crippen LogP contribution in [0.3, 0.4) is 0 Å². The Bertz CT molecular complexity index is 1330. The van der Waals surface area contributed by atoms with E-state index in [0.717, 1.165) is 11.2 Å². The van der Waals surface area contributed by atoms with E-state index < -0.39 is 39.4 Å². The highest BCUT2D eigenvalue weighted by atomic mass is 32.2. The lowest BCUT2D eigenvalue weighted by Crippen LogP contribution is -2.38. The fraction of sp³-hybridized carbons (Fsp3) is 0.318. The predicted octanol–water partition coefficient (Wildman–Crippen LogP) is 1.70. The van der Waals surface area contributed by atoms with Crippen molar-refractivity contribution in [2.45, 2.75) is 19.9 Å². The maximum absolute atomic E-state index is 13.4. The first kappa shape index (κ1) is 24.7. The van der Waals surface area contributed by atoms with E-state index in [9.17, 15) is 28.1 Å². The molecule has 3 rings (SSSR count). The zero-order valence-electron chi connectivity index (χ0n) is 18.9. The zero-order valence-corrected chi connectivity index (χ0v) is 19.7. The third-order valence-electron chi connectivity index (χ3n) is 4.92. The highest BCUT2D eigenvalue weighted by molar-refractivity contribution is 7.90. The lowest BCUT2D eigenvalue weighted by molar-refractivity contribution is -0.114. The molecular formula is C22H22N4O7S. The Kier molecular flexibility index (Phi) is 6.88. The Morgan fingerprint density at radius 1 is 1.26 bits per heavy atom. The first-order valence-electron chi connectivity index (χ1n) is 10.1. The van der Waals surface area contributed by atoms with Crippen LogP contribution in [0.25, 0.3) is 0 Å². The Labute approximate surface area is 196 Å². The average Bonchev–Trinajstić information content (AvgIpc) is 3.01. The van der Waals surface area contributed by atoms with Crippen molar-refractivity contribution < 1.29 is 32.3 Å². The maximum atomic E-state index is 13.4. The lowest BCUT2D eigenvalue weighted by Gasteiger charge is -2.26. The van der Waals surface area contributed by atoms with Gasteiger partial charge >= 0.3 is 0 Å². The van der Waals surface area contributed by atoms with Crippen LogP contribution in [0.15, 0.2) is 24.3 Å². The van der Waals surface area contributed by atoms with E-state index in [0.29, 0.717) is 0 Å². The van der Waals surface area contributed by atoms with Crippen LogP contribution in [0.5, 0.6) is 11.6 Å². The molecule has 0 aliphatic carbocycles. The topological polar surface area (TPSA) is 156 Å². The summed E-state index contributed by atoms with van der Waals surface area (Å²) in [7, 11) is -2.30. The molecule has 2 aromatic rings. The zero-order chi connectivity index (χ0) is 25.2. The summed E-state index contributed by atoms with van der Waals surface area (Å²) in [6.45, 7) is 3.18. The van der Waals surface area contributed by atoms with Gasteiger partial charge in [-0.2, -0.15) is 5.26 Å². The van der Waals surface area contributed by atoms with Crippen LogP contribution >= 0.6 is 0 Å². The Morgan fingerprint density at radius 3 is 2.53 bits per heavy atom. The van der Waals surface area contributed by atoms with Crippen LogP contribution in [0, 0.1) is 11.3 Å². The molecule has 0 radical (unpaired) electrons. The number of amides is 3. The third kappa shape index (κ3) is 4.84. The second kappa shape index (κ2) is 9.48. The van der Waals surface area contributed by atoms with E-state index in [4.69, 9.17) is 9.47 Å². The van der Waals surface area contributed by atoms with Gasteiger partial charge in [-0.15, -0.1) is 0 Å². The van der Waals surface area contributed by atoms with Crippen molar-refractivity contribution in [1.29, 1.82) is 5.26 Å². The van der Waals surface area contributed by atoms with Gasteiger partial charge in [-0.05, 0) is 31.2 Å². The summed E-state index contributed by atoms with van der Waals surface area (Å²) in [4.78, 5) is 43.6. The Hall–Kier alpha value is -3.98. The minimum atomic E-state index is -3.71. The number of ether oxygens (including phenoxy) is 2. The SMILES string of the molecule is CCOc1nc([C@@H](CS(C)(=O)=O)N2C(=O)c3cc(C#N)cc(NC(C)=O)c3C2=O)ccc1OC. The molecule has 0 unspecified atom stereocenters. The number of hydrogen-bond acceptors (Lipinski definition) is 9. The van der Waals surface area contributed by atoms with Crippen molar-refractivity contribution >= 4 is 33.2 Å². The number of carbonyl (C=O) groups excluding carboxylic acids is 3. The number of hydrogen-bond donors (Lipinski definition) is 1. The summed E-state index contributed by atoms with van der Waals surface area (Å²) in [5.74, 6) is -2.39. The van der Waals surface area contributed by atoms with E-state index in [1.807, 2.05) is 6.07 Å². The number of nitriles is 1. The van der Waals surface area contributed by atoms with Gasteiger partial charge in [0.2, 0.25) is 5.91 Å². The van der Waals surface area contributed by atoms with Crippen LogP contribution < -0.4 is 14.8 Å². The number of anilines is 1. The normalized spacial score (nSPS) is 13.8. The van der Waals surface area contributed by atoms with Crippen molar-refractivity contribution in [3.8, 4) is 17.7 Å². The molecule has 1 aliphatic rings. The quantitative estimate of drug-likeness (QED) is 0.549. The fourth-order valence-corrected chi connectivity index (χ4v) is 4.51. The van der Waals surface area contributed by atoms with E-state index >= 15 is 0 Å². The smallest absolute Gasteiger partial charge is 0.264 e. The van der Waals surface area contributed by atoms with Gasteiger partial charge in [0, 0.05) is 13.2 Å². The average molecular weight is 487 g/mol. The van der Waals surface area contributed by atoms with Crippen LogP contribution in [0.4, 0.5) is 5.69 Å². The van der Waals surface area contributed by atoms with Crippen LogP contribution in [0.2, 0.25) is 0 Å². The largest absolute Gasteiger partial charge is 0.491 e. The number of benzene rings is 1. The minimum Gasteiger partial charge on any atom is -0.491 e. The molecule has 12 heteroatoms. The number of aromatic nitrogens is 1. The lowest BCUT2D eigenvalue weighted by atomic mass is 10.0. The summed E-state index contributed by atoms with van der Waals surface area (Å²) in [5.41, 5.74) is -0.128. The van der Waals surface area contributed by atoms with E-state index in [1.54, 1.807) is 6.92 Å².